The van der Waals surface area contributed by atoms with Gasteiger partial charge in [0.1, 0.15) is 0 Å². The standard InChI is InChI=1S/3C30H25NP2.2C8H13.3Cu.F6P/c3*1-6-16-26(17-7-1)31(32(27-18-8-2-9-19-27)28-20-10-3-11-21-28)33(29-22-12-4-13-23-29)30-24-14-5-15-25-30;2*1-3-5-7-8-6-4-2;;;;1-7(2,3,4,5)6/h3*1-25H;2*3,5-8H2,1H3;;;;/q;;;2*-1;3*+1;-1. The number of nitrogens with zero attached hydrogens (tertiary/aromatic N) is 3. The minimum Gasteiger partial charge on any atom is -0.694 e. The Labute approximate surface area is 777 Å². The Hall–Kier alpha value is -9.03. The first-order valence-electron chi connectivity index (χ1n) is 40.8. The Kier molecular flexibility index (Phi) is 45.2. The van der Waals surface area contributed by atoms with Crippen molar-refractivity contribution in [2.24, 2.45) is 0 Å². The Bertz CT molecular complexity index is 4430. The minimum atomic E-state index is -10.7. The van der Waals surface area contributed by atoms with Crippen molar-refractivity contribution in [3.63, 3.8) is 0 Å². The van der Waals surface area contributed by atoms with E-state index >= 15 is 0 Å². The molecule has 0 saturated heterocycles. The summed E-state index contributed by atoms with van der Waals surface area (Å²) in [6.45, 7) is 4.38. The molecule has 15 aromatic carbocycles. The molecule has 0 spiro atoms. The van der Waals surface area contributed by atoms with Crippen molar-refractivity contribution < 1.29 is 76.4 Å². The molecule has 0 aliphatic carbocycles. The summed E-state index contributed by atoms with van der Waals surface area (Å²) < 4.78 is 67.3. The number of halogens is 6. The molecule has 0 N–H and O–H groups in total. The molecule has 650 valence electrons. The van der Waals surface area contributed by atoms with Crippen LogP contribution in [-0.2, 0) is 51.2 Å². The van der Waals surface area contributed by atoms with Gasteiger partial charge in [-0.15, -0.1) is 0 Å². The van der Waals surface area contributed by atoms with Gasteiger partial charge in [-0.05, 0) is 62.1 Å². The van der Waals surface area contributed by atoms with Crippen molar-refractivity contribution in [2.45, 2.75) is 78.1 Å². The van der Waals surface area contributed by atoms with Crippen LogP contribution in [-0.4, -0.2) is 0 Å². The topological polar surface area (TPSA) is 9.72 Å². The third kappa shape index (κ3) is 34.9. The summed E-state index contributed by atoms with van der Waals surface area (Å²) in [6.07, 6.45) is 24.9. The van der Waals surface area contributed by atoms with Gasteiger partial charge in [0.2, 0.25) is 0 Å². The first-order chi connectivity index (χ1) is 59.5. The van der Waals surface area contributed by atoms with Crippen LogP contribution in [0, 0.1) is 24.7 Å². The molecule has 0 unspecified atom stereocenters. The van der Waals surface area contributed by atoms with Gasteiger partial charge in [-0.2, -0.15) is 0 Å². The molecule has 125 heavy (non-hydrogen) atoms. The monoisotopic (exact) mass is 1940 g/mol. The van der Waals surface area contributed by atoms with Crippen molar-refractivity contribution in [1.29, 1.82) is 0 Å². The molecule has 0 aliphatic rings. The summed E-state index contributed by atoms with van der Waals surface area (Å²) in [5.74, 6) is 4.75. The van der Waals surface area contributed by atoms with Gasteiger partial charge in [0.25, 0.3) is 0 Å². The Balaban J connectivity index is 0.000000225. The predicted molar refractivity (Wildman–Crippen MR) is 527 cm³/mol. The van der Waals surface area contributed by atoms with Crippen LogP contribution in [0.15, 0.2) is 455 Å². The summed E-state index contributed by atoms with van der Waals surface area (Å²) in [4.78, 5) is 0. The van der Waals surface area contributed by atoms with E-state index < -0.39 is 56.2 Å². The molecule has 15 aromatic rings. The van der Waals surface area contributed by atoms with Gasteiger partial charge in [0, 0.05) is 80.7 Å². The Morgan fingerprint density at radius 2 is 0.312 bits per heavy atom. The maximum atomic E-state index is 9.87. The zero-order chi connectivity index (χ0) is 85.8. The van der Waals surface area contributed by atoms with E-state index in [0.717, 1.165) is 25.7 Å². The van der Waals surface area contributed by atoms with Crippen LogP contribution in [0.3, 0.4) is 0 Å². The van der Waals surface area contributed by atoms with E-state index in [2.05, 4.69) is 494 Å². The fourth-order valence-corrected chi connectivity index (χ4v) is 30.9. The van der Waals surface area contributed by atoms with E-state index in [1.807, 2.05) is 0 Å². The van der Waals surface area contributed by atoms with E-state index in [0.29, 0.717) is 0 Å². The number of unbranched alkanes of at least 4 members (excludes halogenated alkanes) is 8. The molecule has 0 aliphatic heterocycles. The molecule has 0 aromatic heterocycles. The minimum absolute atomic E-state index is 0. The molecule has 0 amide bonds. The van der Waals surface area contributed by atoms with E-state index in [1.54, 1.807) is 0 Å². The number of para-hydroxylation sites is 3. The van der Waals surface area contributed by atoms with Crippen LogP contribution in [0.5, 0.6) is 0 Å². The number of hydrogen-bond donors (Lipinski definition) is 0. The van der Waals surface area contributed by atoms with Gasteiger partial charge < -0.3 is 38.0 Å². The molecular weight excluding hydrogens is 1840 g/mol. The number of hydrogen-bond acceptors (Lipinski definition) is 3. The van der Waals surface area contributed by atoms with Crippen LogP contribution < -0.4 is 77.0 Å². The molecular formula is C106H101Cu3F6N3P7. The van der Waals surface area contributed by atoms with Crippen LogP contribution in [0.2, 0.25) is 0 Å². The van der Waals surface area contributed by atoms with E-state index in [1.165, 1.54) is 119 Å². The third-order valence-corrected chi connectivity index (χ3v) is 34.7. The van der Waals surface area contributed by atoms with Gasteiger partial charge in [0.05, 0.1) is 48.4 Å². The zero-order valence-corrected chi connectivity index (χ0v) is 78.6. The smallest absolute Gasteiger partial charge is 0.694 e. The molecule has 0 fully saturated rings. The second-order valence-corrected chi connectivity index (χ2v) is 42.9. The summed E-state index contributed by atoms with van der Waals surface area (Å²) in [7, 11) is -15.5. The van der Waals surface area contributed by atoms with Crippen LogP contribution in [0.1, 0.15) is 78.1 Å². The van der Waals surface area contributed by atoms with E-state index in [9.17, 15) is 25.2 Å². The zero-order valence-electron chi connectivity index (χ0n) is 69.5. The quantitative estimate of drug-likeness (QED) is 0.0116. The molecule has 0 radical (unpaired) electrons. The largest absolute Gasteiger partial charge is 1.00 e. The predicted octanol–water partition coefficient (Wildman–Crippen LogP) is 28.2. The number of anilines is 3. The van der Waals surface area contributed by atoms with Crippen molar-refractivity contribution in [3.8, 4) is 11.8 Å². The molecule has 0 saturated carbocycles. The summed E-state index contributed by atoms with van der Waals surface area (Å²) in [5.41, 5.74) is 3.74. The van der Waals surface area contributed by atoms with Gasteiger partial charge >= 0.3 is 84.2 Å². The Morgan fingerprint density at radius 1 is 0.200 bits per heavy atom. The molecule has 3 nitrogen and oxygen atoms in total. The van der Waals surface area contributed by atoms with Crippen LogP contribution in [0.25, 0.3) is 0 Å². The normalized spacial score (nSPS) is 11.1. The van der Waals surface area contributed by atoms with Crippen LogP contribution in [0.4, 0.5) is 42.2 Å². The van der Waals surface area contributed by atoms with Crippen molar-refractivity contribution in [3.05, 3.63) is 468 Å². The molecule has 19 heteroatoms. The summed E-state index contributed by atoms with van der Waals surface area (Å²) >= 11 is 0. The number of benzene rings is 15. The first kappa shape index (κ1) is 103. The molecule has 0 heterocycles. The van der Waals surface area contributed by atoms with Crippen molar-refractivity contribution in [1.82, 2.24) is 0 Å². The summed E-state index contributed by atoms with van der Waals surface area (Å²) in [6, 6.07) is 164. The Morgan fingerprint density at radius 3 is 0.416 bits per heavy atom. The first-order valence-corrected chi connectivity index (χ1v) is 50.6. The van der Waals surface area contributed by atoms with E-state index in [4.69, 9.17) is 12.8 Å². The van der Waals surface area contributed by atoms with Crippen molar-refractivity contribution >= 4 is 137 Å². The van der Waals surface area contributed by atoms with Gasteiger partial charge in [-0.1, -0.05) is 471 Å². The maximum absolute atomic E-state index is 10.7. The van der Waals surface area contributed by atoms with Gasteiger partial charge in [-0.25, -0.2) is 0 Å². The molecule has 0 atom stereocenters. The van der Waals surface area contributed by atoms with Crippen LogP contribution >= 0.6 is 56.2 Å². The van der Waals surface area contributed by atoms with Crippen molar-refractivity contribution in [2.75, 3.05) is 13.3 Å². The fourth-order valence-electron chi connectivity index (χ4n) is 13.0. The average molecular weight is 1940 g/mol. The second-order valence-electron chi connectivity index (χ2n) is 27.7. The molecule has 0 bridgehead atoms. The summed E-state index contributed by atoms with van der Waals surface area (Å²) in [5, 5.41) is 16.2. The van der Waals surface area contributed by atoms with Gasteiger partial charge in [-0.3, -0.25) is 0 Å². The molecule has 15 rings (SSSR count). The maximum Gasteiger partial charge on any atom is 1.00 e. The third-order valence-electron chi connectivity index (χ3n) is 18.4. The van der Waals surface area contributed by atoms with E-state index in [-0.39, 0.29) is 51.2 Å². The second kappa shape index (κ2) is 54.9. The van der Waals surface area contributed by atoms with Gasteiger partial charge in [0.15, 0.2) is 0 Å². The average Bonchev–Trinajstić information content (AvgIpc) is 0.770. The fraction of sp³-hybridized carbons (Fsp3) is 0.113. The SMILES string of the molecule is F[P-](F)(F)(F)(F)F.[C-]#CCCCCCC.[C-]#CCCCCCC.[Cu+].[Cu+].[Cu+].c1ccc(N(P(c2ccccc2)c2ccccc2)P(c2ccccc2)c2ccccc2)cc1.c1ccc(N(P(c2ccccc2)c2ccccc2)P(c2ccccc2)c2ccccc2)cc1.c1ccc(N(P(c2ccccc2)c2ccccc2)P(c2ccccc2)c2ccccc2)cc1. The number of rotatable bonds is 29.